The fourth-order valence-electron chi connectivity index (χ4n) is 11.7. The van der Waals surface area contributed by atoms with Crippen LogP contribution in [-0.4, -0.2) is 12.3 Å². The van der Waals surface area contributed by atoms with Gasteiger partial charge in [-0.1, -0.05) is 54.6 Å². The summed E-state index contributed by atoms with van der Waals surface area (Å²) in [4.78, 5) is 7.16. The van der Waals surface area contributed by atoms with Crippen molar-refractivity contribution >= 4 is 143 Å². The summed E-state index contributed by atoms with van der Waals surface area (Å²) in [6.07, 6.45) is 0. The molecule has 0 aliphatic heterocycles. The number of nitrogens with zero attached hydrogens (tertiary/aromatic N) is 4. The van der Waals surface area contributed by atoms with Gasteiger partial charge in [0.25, 0.3) is 0 Å². The minimum atomic E-state index is -0.292. The van der Waals surface area contributed by atoms with Crippen molar-refractivity contribution < 1.29 is 30.3 Å². The van der Waals surface area contributed by atoms with E-state index in [0.29, 0.717) is 0 Å². The zero-order valence-electron chi connectivity index (χ0n) is 39.5. The third kappa shape index (κ3) is 6.07. The molecule has 4 heterocycles. The molecule has 7 heteroatoms. The summed E-state index contributed by atoms with van der Waals surface area (Å²) >= 11 is -0.292. The molecule has 0 atom stereocenters. The van der Waals surface area contributed by atoms with E-state index in [4.69, 9.17) is 8.83 Å². The Kier molecular flexibility index (Phi) is 9.17. The summed E-state index contributed by atoms with van der Waals surface area (Å²) in [5, 5.41) is 13.8. The first-order chi connectivity index (χ1) is 35.6. The largest absolute Gasteiger partial charge is 0.0736 e. The van der Waals surface area contributed by atoms with E-state index in [2.05, 4.69) is 247 Å². The Labute approximate surface area is 424 Å². The Morgan fingerprint density at radius 2 is 0.931 bits per heavy atom. The number of fused-ring (bicyclic) bond motifs is 15. The topological polar surface area (TPSA) is 42.6 Å². The molecule has 0 saturated heterocycles. The molecule has 0 aliphatic rings. The van der Waals surface area contributed by atoms with Gasteiger partial charge in [-0.25, -0.2) is 0 Å². The van der Waals surface area contributed by atoms with Gasteiger partial charge >= 0.3 is 225 Å². The smallest absolute Gasteiger partial charge is 0.0736 e. The number of hydrogen-bond acceptors (Lipinski definition) is 4. The number of benzene rings is 11. The van der Waals surface area contributed by atoms with Gasteiger partial charge < -0.3 is 13.9 Å². The van der Waals surface area contributed by atoms with Crippen molar-refractivity contribution in [3.05, 3.63) is 218 Å². The van der Waals surface area contributed by atoms with Crippen LogP contribution in [0.3, 0.4) is 0 Å². The molecule has 0 spiro atoms. The summed E-state index contributed by atoms with van der Waals surface area (Å²) < 4.78 is 18.7. The molecule has 0 aliphatic carbocycles. The number of anilines is 6. The van der Waals surface area contributed by atoms with Crippen molar-refractivity contribution in [2.45, 2.75) is 13.5 Å². The Bertz CT molecular complexity index is 4680. The van der Waals surface area contributed by atoms with Crippen molar-refractivity contribution in [1.29, 1.82) is 0 Å². The quantitative estimate of drug-likeness (QED) is 0.112. The van der Waals surface area contributed by atoms with Crippen LogP contribution in [0.15, 0.2) is 227 Å². The van der Waals surface area contributed by atoms with E-state index >= 15 is 0 Å². The standard InChI is InChI=1S/C65H44IN4O2/c1-3-67-55-24-12-10-20-48(55)50-22-14-26-57(63(50)67)68(44-16-6-4-7-17-44)46-30-28-40-36-53-52-32-33-59-62(65(52)72-60(53)38-42(40)34-46)54-37-41-29-31-47(35-43(41)39-61(54)71-59)69(45-18-8-5-9-19-45)58-27-15-23-51-49-21-11-13-25-56(49)70(66-2)64(51)58/h4-39H,3H2,1-2H3/q-1. The van der Waals surface area contributed by atoms with E-state index < -0.39 is 0 Å². The Hall–Kier alpha value is -8.53. The van der Waals surface area contributed by atoms with Gasteiger partial charge in [0.2, 0.25) is 0 Å². The molecule has 344 valence electrons. The van der Waals surface area contributed by atoms with Crippen molar-refractivity contribution in [3.63, 3.8) is 0 Å². The number of aryl methyl sites for hydroxylation is 1. The Morgan fingerprint density at radius 1 is 0.389 bits per heavy atom. The molecule has 6 nitrogen and oxygen atoms in total. The van der Waals surface area contributed by atoms with E-state index in [1.54, 1.807) is 0 Å². The normalized spacial score (nSPS) is 12.2. The van der Waals surface area contributed by atoms with Crippen LogP contribution < -0.4 is 31.3 Å². The summed E-state index contributed by atoms with van der Waals surface area (Å²) in [5.41, 5.74) is 15.1. The van der Waals surface area contributed by atoms with Gasteiger partial charge in [0.1, 0.15) is 5.58 Å². The maximum Gasteiger partial charge on any atom is 0.0736 e. The summed E-state index contributed by atoms with van der Waals surface area (Å²) in [6, 6.07) is 79.3. The molecule has 0 bridgehead atoms. The third-order valence-electron chi connectivity index (χ3n) is 14.9. The van der Waals surface area contributed by atoms with Crippen LogP contribution in [0.5, 0.6) is 0 Å². The zero-order valence-corrected chi connectivity index (χ0v) is 41.6. The first-order valence-electron chi connectivity index (χ1n) is 24.5. The molecule has 15 rings (SSSR count). The van der Waals surface area contributed by atoms with E-state index in [1.807, 2.05) is 0 Å². The maximum absolute atomic E-state index is 6.98. The number of alkyl halides is 1. The molecular weight excluding hydrogens is 996 g/mol. The number of furan rings is 2. The summed E-state index contributed by atoms with van der Waals surface area (Å²) in [7, 11) is 0. The molecule has 0 fully saturated rings. The van der Waals surface area contributed by atoms with Gasteiger partial charge in [-0.3, -0.25) is 0 Å². The molecule has 4 aromatic heterocycles. The van der Waals surface area contributed by atoms with Gasteiger partial charge in [0.15, 0.2) is 0 Å². The van der Waals surface area contributed by atoms with Crippen molar-refractivity contribution in [1.82, 2.24) is 7.35 Å². The van der Waals surface area contributed by atoms with Crippen LogP contribution in [-0.2, 0) is 6.54 Å². The fraction of sp³-hybridized carbons (Fsp3) is 0.0462. The number of halogens is 1. The Balaban J connectivity index is 0.867. The predicted octanol–water partition coefficient (Wildman–Crippen LogP) is 15.4. The molecular formula is C65H44IN4O2-. The van der Waals surface area contributed by atoms with Crippen LogP contribution in [0.25, 0.3) is 109 Å². The summed E-state index contributed by atoms with van der Waals surface area (Å²) in [6.45, 7) is 3.10. The van der Waals surface area contributed by atoms with Crippen LogP contribution >= 0.6 is 0 Å². The second-order valence-electron chi connectivity index (χ2n) is 18.7. The van der Waals surface area contributed by atoms with Crippen LogP contribution in [0.4, 0.5) is 34.1 Å². The predicted molar refractivity (Wildman–Crippen MR) is 298 cm³/mol. The third-order valence-corrected chi connectivity index (χ3v) is 16.8. The average molecular weight is 1040 g/mol. The molecule has 15 aromatic rings. The minimum Gasteiger partial charge on any atom is 0.0736 e. The Morgan fingerprint density at radius 3 is 1.57 bits per heavy atom. The molecule has 0 radical (unpaired) electrons. The van der Waals surface area contributed by atoms with Gasteiger partial charge in [0.05, 0.1) is 11.2 Å². The second-order valence-corrected chi connectivity index (χ2v) is 20.6. The molecule has 0 amide bonds. The minimum absolute atomic E-state index is 0.292. The van der Waals surface area contributed by atoms with Crippen LogP contribution in [0.1, 0.15) is 6.92 Å². The van der Waals surface area contributed by atoms with E-state index in [0.717, 1.165) is 100 Å². The second kappa shape index (κ2) is 16.0. The average Bonchev–Trinajstić information content (AvgIpc) is 4.18. The number of hydrogen-bond donors (Lipinski definition) is 0. The zero-order chi connectivity index (χ0) is 47.6. The van der Waals surface area contributed by atoms with Crippen molar-refractivity contribution in [3.8, 4) is 0 Å². The first-order valence-corrected chi connectivity index (χ1v) is 27.7. The molecule has 0 unspecified atom stereocenters. The van der Waals surface area contributed by atoms with E-state index in [1.165, 1.54) is 49.3 Å². The van der Waals surface area contributed by atoms with Gasteiger partial charge in [-0.2, -0.15) is 0 Å². The van der Waals surface area contributed by atoms with Crippen molar-refractivity contribution in [2.24, 2.45) is 0 Å². The fourth-order valence-corrected chi connectivity index (χ4v) is 13.7. The molecule has 72 heavy (non-hydrogen) atoms. The SMILES string of the molecule is CCn1c2ccccc2c2cccc(N(c3ccccc3)c3ccc4cc5c(cc4c3)oc3c5ccc4oc5cc6cc(N(c7ccccc7)c7cccc8c9ccccc9n([I-]C)c78)ccc6cc5c43)c21. The molecule has 0 saturated carbocycles. The van der Waals surface area contributed by atoms with Gasteiger partial charge in [-0.05, 0) is 72.3 Å². The van der Waals surface area contributed by atoms with E-state index in [-0.39, 0.29) is 21.5 Å². The van der Waals surface area contributed by atoms with Gasteiger partial charge in [0, 0.05) is 45.0 Å². The summed E-state index contributed by atoms with van der Waals surface area (Å²) in [5.74, 6) is 0. The first kappa shape index (κ1) is 41.3. The molecule has 11 aromatic carbocycles. The van der Waals surface area contributed by atoms with Crippen LogP contribution in [0.2, 0.25) is 0 Å². The van der Waals surface area contributed by atoms with Crippen molar-refractivity contribution in [2.75, 3.05) is 14.7 Å². The number of para-hydroxylation sites is 6. The van der Waals surface area contributed by atoms with Gasteiger partial charge in [-0.15, -0.1) is 0 Å². The number of rotatable bonds is 8. The van der Waals surface area contributed by atoms with Crippen LogP contribution in [0, 0.1) is 0 Å². The maximum atomic E-state index is 6.98. The van der Waals surface area contributed by atoms with E-state index in [9.17, 15) is 0 Å². The number of aromatic nitrogens is 2. The monoisotopic (exact) mass is 1040 g/mol. The molecule has 0 N–H and O–H groups in total.